The molecule has 0 fully saturated rings. The molecule has 0 N–H and O–H groups in total. The maximum absolute atomic E-state index is 13.5. The largest absolute Gasteiger partial charge is 0.490 e. The van der Waals surface area contributed by atoms with Gasteiger partial charge in [-0.1, -0.05) is 35.4 Å². The zero-order valence-electron chi connectivity index (χ0n) is 23.0. The van der Waals surface area contributed by atoms with Crippen LogP contribution in [-0.4, -0.2) is 27.4 Å². The Bertz CT molecular complexity index is 1650. The van der Waals surface area contributed by atoms with Gasteiger partial charge in [0.25, 0.3) is 11.2 Å². The fourth-order valence-electron chi connectivity index (χ4n) is 4.30. The van der Waals surface area contributed by atoms with E-state index in [1.165, 1.54) is 16.8 Å². The fourth-order valence-corrected chi connectivity index (χ4v) is 4.66. The summed E-state index contributed by atoms with van der Waals surface area (Å²) in [7, 11) is 0. The number of non-ortho nitro benzene ring substituents is 1. The number of unbranched alkanes of at least 4 members (excludes halogenated alkanes) is 1. The molecule has 0 radical (unpaired) electrons. The number of hydrogen-bond acceptors (Lipinski definition) is 7. The number of nitrogens with zero attached hydrogens (tertiary/aromatic N) is 4. The third-order valence-corrected chi connectivity index (χ3v) is 6.79. The number of rotatable bonds is 13. The van der Waals surface area contributed by atoms with Crippen molar-refractivity contribution in [1.29, 1.82) is 0 Å². The average Bonchev–Trinajstić information content (AvgIpc) is 2.96. The fraction of sp³-hybridized carbons (Fsp3) is 0.258. The Hall–Kier alpha value is -4.31. The first-order valence-electron chi connectivity index (χ1n) is 13.4. The van der Waals surface area contributed by atoms with Crippen molar-refractivity contribution in [2.75, 3.05) is 6.61 Å². The molecule has 0 bridgehead atoms. The highest BCUT2D eigenvalue weighted by molar-refractivity contribution is 9.10. The first-order chi connectivity index (χ1) is 19.8. The predicted molar refractivity (Wildman–Crippen MR) is 164 cm³/mol. The Labute approximate surface area is 246 Å². The molecular weight excluding hydrogens is 588 g/mol. The summed E-state index contributed by atoms with van der Waals surface area (Å²) in [4.78, 5) is 28.7. The second-order valence-electron chi connectivity index (χ2n) is 9.30. The highest BCUT2D eigenvalue weighted by atomic mass is 79.9. The number of aryl methyl sites for hydroxylation is 1. The lowest BCUT2D eigenvalue weighted by Gasteiger charge is -2.17. The summed E-state index contributed by atoms with van der Waals surface area (Å²) in [5, 5.41) is 16.0. The molecule has 41 heavy (non-hydrogen) atoms. The number of halogens is 1. The van der Waals surface area contributed by atoms with Crippen LogP contribution >= 0.6 is 15.9 Å². The maximum Gasteiger partial charge on any atom is 0.282 e. The Morgan fingerprint density at radius 3 is 2.59 bits per heavy atom. The molecule has 9 nitrogen and oxygen atoms in total. The number of allylic oxidation sites excluding steroid dienone is 1. The van der Waals surface area contributed by atoms with Crippen LogP contribution in [0.15, 0.2) is 81.6 Å². The molecule has 10 heteroatoms. The van der Waals surface area contributed by atoms with Crippen LogP contribution in [0.1, 0.15) is 49.2 Å². The van der Waals surface area contributed by atoms with Crippen LogP contribution in [0.4, 0.5) is 5.69 Å². The minimum Gasteiger partial charge on any atom is -0.490 e. The lowest BCUT2D eigenvalue weighted by Crippen LogP contribution is -2.22. The lowest BCUT2D eigenvalue weighted by molar-refractivity contribution is -0.384. The standard InChI is InChI=1S/C31H31BrN4O5/c1-4-7-9-29-34-27-15-12-24(32)18-26(27)31(37)35(29)33-19-22-16-23(8-5-2)30(28(17-22)40-6-3)41-20-21-10-13-25(14-11-21)36(38)39/h5,10-19H,2,4,6-9,20H2,1,3H3. The van der Waals surface area contributed by atoms with Gasteiger partial charge in [-0.15, -0.1) is 6.58 Å². The average molecular weight is 620 g/mol. The minimum atomic E-state index is -0.436. The second kappa shape index (κ2) is 13.8. The van der Waals surface area contributed by atoms with E-state index in [9.17, 15) is 14.9 Å². The molecule has 3 aromatic carbocycles. The van der Waals surface area contributed by atoms with Crippen LogP contribution in [-0.2, 0) is 19.4 Å². The van der Waals surface area contributed by atoms with Crippen molar-refractivity contribution in [2.45, 2.75) is 46.1 Å². The quantitative estimate of drug-likeness (QED) is 0.0690. The van der Waals surface area contributed by atoms with Gasteiger partial charge in [-0.3, -0.25) is 14.9 Å². The van der Waals surface area contributed by atoms with E-state index >= 15 is 0 Å². The summed E-state index contributed by atoms with van der Waals surface area (Å²) in [6.07, 6.45) is 6.35. The molecule has 0 aliphatic heterocycles. The van der Waals surface area contributed by atoms with E-state index in [-0.39, 0.29) is 17.9 Å². The molecule has 212 valence electrons. The number of nitro groups is 1. The number of benzene rings is 3. The van der Waals surface area contributed by atoms with Crippen molar-refractivity contribution in [3.05, 3.63) is 115 Å². The summed E-state index contributed by atoms with van der Waals surface area (Å²) in [6.45, 7) is 8.45. The molecule has 0 saturated heterocycles. The molecule has 0 aliphatic rings. The smallest absolute Gasteiger partial charge is 0.282 e. The normalized spacial score (nSPS) is 11.2. The number of nitro benzene ring substituents is 1. The van der Waals surface area contributed by atoms with Gasteiger partial charge in [-0.25, -0.2) is 4.98 Å². The van der Waals surface area contributed by atoms with Gasteiger partial charge >= 0.3 is 0 Å². The van der Waals surface area contributed by atoms with Gasteiger partial charge < -0.3 is 9.47 Å². The molecule has 0 amide bonds. The van der Waals surface area contributed by atoms with Crippen molar-refractivity contribution in [1.82, 2.24) is 9.66 Å². The van der Waals surface area contributed by atoms with Gasteiger partial charge in [0, 0.05) is 28.6 Å². The zero-order chi connectivity index (χ0) is 29.4. The van der Waals surface area contributed by atoms with E-state index < -0.39 is 4.92 Å². The van der Waals surface area contributed by atoms with Crippen molar-refractivity contribution >= 4 is 38.7 Å². The van der Waals surface area contributed by atoms with Crippen LogP contribution in [0, 0.1) is 10.1 Å². The third kappa shape index (κ3) is 7.26. The van der Waals surface area contributed by atoms with Crippen LogP contribution in [0.25, 0.3) is 10.9 Å². The third-order valence-electron chi connectivity index (χ3n) is 6.30. The monoisotopic (exact) mass is 618 g/mol. The zero-order valence-corrected chi connectivity index (χ0v) is 24.6. The molecule has 1 aromatic heterocycles. The van der Waals surface area contributed by atoms with Gasteiger partial charge in [0.15, 0.2) is 11.5 Å². The van der Waals surface area contributed by atoms with Gasteiger partial charge in [-0.05, 0) is 73.4 Å². The SMILES string of the molecule is C=CCc1cc(C=Nn2c(CCCC)nc3ccc(Br)cc3c2=O)cc(OCC)c1OCc1ccc([N+](=O)[O-])cc1. The summed E-state index contributed by atoms with van der Waals surface area (Å²) >= 11 is 3.44. The van der Waals surface area contributed by atoms with Gasteiger partial charge in [0.05, 0.1) is 28.6 Å². The van der Waals surface area contributed by atoms with Crippen molar-refractivity contribution < 1.29 is 14.4 Å². The molecule has 4 aromatic rings. The summed E-state index contributed by atoms with van der Waals surface area (Å²) in [5.41, 5.74) is 2.74. The van der Waals surface area contributed by atoms with Gasteiger partial charge in [0.1, 0.15) is 12.4 Å². The van der Waals surface area contributed by atoms with E-state index in [4.69, 9.17) is 14.5 Å². The van der Waals surface area contributed by atoms with Crippen LogP contribution < -0.4 is 15.0 Å². The van der Waals surface area contributed by atoms with Crippen LogP contribution in [0.3, 0.4) is 0 Å². The summed E-state index contributed by atoms with van der Waals surface area (Å²) < 4.78 is 14.3. The first-order valence-corrected chi connectivity index (χ1v) is 14.2. The topological polar surface area (TPSA) is 109 Å². The number of ether oxygens (including phenoxy) is 2. The van der Waals surface area contributed by atoms with Gasteiger partial charge in [-0.2, -0.15) is 9.78 Å². The Balaban J connectivity index is 1.71. The van der Waals surface area contributed by atoms with Crippen molar-refractivity contribution in [2.24, 2.45) is 5.10 Å². The number of aromatic nitrogens is 2. The van der Waals surface area contributed by atoms with E-state index in [1.54, 1.807) is 30.5 Å². The molecule has 0 spiro atoms. The second-order valence-corrected chi connectivity index (χ2v) is 10.2. The highest BCUT2D eigenvalue weighted by Gasteiger charge is 2.15. The molecule has 0 aliphatic carbocycles. The number of fused-ring (bicyclic) bond motifs is 1. The van der Waals surface area contributed by atoms with E-state index in [0.717, 1.165) is 34.0 Å². The van der Waals surface area contributed by atoms with Crippen LogP contribution in [0.5, 0.6) is 11.5 Å². The molecule has 1 heterocycles. The van der Waals surface area contributed by atoms with E-state index in [1.807, 2.05) is 31.2 Å². The minimum absolute atomic E-state index is 0.0194. The van der Waals surface area contributed by atoms with Gasteiger partial charge in [0.2, 0.25) is 0 Å². The molecule has 0 atom stereocenters. The molecule has 0 unspecified atom stereocenters. The summed E-state index contributed by atoms with van der Waals surface area (Å²) in [6, 6.07) is 15.4. The van der Waals surface area contributed by atoms with Crippen LogP contribution in [0.2, 0.25) is 0 Å². The lowest BCUT2D eigenvalue weighted by atomic mass is 10.1. The van der Waals surface area contributed by atoms with E-state index in [0.29, 0.717) is 47.7 Å². The van der Waals surface area contributed by atoms with Crippen molar-refractivity contribution in [3.63, 3.8) is 0 Å². The molecule has 4 rings (SSSR count). The Morgan fingerprint density at radius 2 is 1.90 bits per heavy atom. The predicted octanol–water partition coefficient (Wildman–Crippen LogP) is 7.00. The number of hydrogen-bond donors (Lipinski definition) is 0. The first kappa shape index (κ1) is 29.7. The summed E-state index contributed by atoms with van der Waals surface area (Å²) in [5.74, 6) is 1.68. The molecular formula is C31H31BrN4O5. The van der Waals surface area contributed by atoms with Crippen molar-refractivity contribution in [3.8, 4) is 11.5 Å². The molecule has 0 saturated carbocycles. The highest BCUT2D eigenvalue weighted by Crippen LogP contribution is 2.34. The Kier molecular flexibility index (Phi) is 10.0. The van der Waals surface area contributed by atoms with E-state index in [2.05, 4.69) is 34.5 Å². The Morgan fingerprint density at radius 1 is 1.12 bits per heavy atom. The maximum atomic E-state index is 13.5.